The first-order chi connectivity index (χ1) is 10.3. The highest BCUT2D eigenvalue weighted by molar-refractivity contribution is 5.77. The maximum absolute atomic E-state index is 13.5. The lowest BCUT2D eigenvalue weighted by molar-refractivity contribution is 0.112. The summed E-state index contributed by atoms with van der Waals surface area (Å²) in [7, 11) is 0. The van der Waals surface area contributed by atoms with Crippen LogP contribution in [0.15, 0.2) is 42.6 Å². The van der Waals surface area contributed by atoms with Crippen molar-refractivity contribution >= 4 is 17.8 Å². The van der Waals surface area contributed by atoms with Gasteiger partial charge in [0.25, 0.3) is 0 Å². The van der Waals surface area contributed by atoms with Crippen LogP contribution in [0.3, 0.4) is 0 Å². The van der Waals surface area contributed by atoms with Gasteiger partial charge in [0.2, 0.25) is 0 Å². The largest absolute Gasteiger partial charge is 0.368 e. The molecule has 108 valence electrons. The Bertz CT molecular complexity index is 625. The van der Waals surface area contributed by atoms with Crippen molar-refractivity contribution in [3.05, 3.63) is 54.0 Å². The topological polar surface area (TPSA) is 36.4 Å². The molecule has 1 aliphatic rings. The van der Waals surface area contributed by atoms with E-state index in [1.165, 1.54) is 12.1 Å². The summed E-state index contributed by atoms with van der Waals surface area (Å²) in [5.74, 6) is 0.590. The molecule has 0 aliphatic carbocycles. The Balaban J connectivity index is 1.71. The molecule has 2 aromatic rings. The highest BCUT2D eigenvalue weighted by atomic mass is 19.1. The fraction of sp³-hybridized carbons (Fsp3) is 0.250. The van der Waals surface area contributed by atoms with Gasteiger partial charge in [-0.3, -0.25) is 4.79 Å². The fourth-order valence-electron chi connectivity index (χ4n) is 2.58. The van der Waals surface area contributed by atoms with Gasteiger partial charge in [0.15, 0.2) is 0 Å². The molecule has 1 fully saturated rings. The molecular weight excluding hydrogens is 269 g/mol. The number of carbonyl (C=O) groups is 1. The predicted molar refractivity (Wildman–Crippen MR) is 80.5 cm³/mol. The number of halogens is 1. The molecule has 0 unspecified atom stereocenters. The van der Waals surface area contributed by atoms with Crippen molar-refractivity contribution in [2.75, 3.05) is 36.0 Å². The van der Waals surface area contributed by atoms with Crippen molar-refractivity contribution < 1.29 is 9.18 Å². The molecule has 1 aromatic heterocycles. The summed E-state index contributed by atoms with van der Waals surface area (Å²) in [6.45, 7) is 3.20. The highest BCUT2D eigenvalue weighted by Gasteiger charge is 2.18. The van der Waals surface area contributed by atoms with Gasteiger partial charge >= 0.3 is 0 Å². The van der Waals surface area contributed by atoms with E-state index < -0.39 is 0 Å². The fourth-order valence-corrected chi connectivity index (χ4v) is 2.58. The smallest absolute Gasteiger partial charge is 0.150 e. The van der Waals surface area contributed by atoms with E-state index in [0.29, 0.717) is 11.8 Å². The van der Waals surface area contributed by atoms with Crippen LogP contribution in [0, 0.1) is 5.82 Å². The summed E-state index contributed by atoms with van der Waals surface area (Å²) < 4.78 is 13.5. The number of pyridine rings is 1. The van der Waals surface area contributed by atoms with E-state index in [-0.39, 0.29) is 5.82 Å². The van der Waals surface area contributed by atoms with Gasteiger partial charge in [-0.15, -0.1) is 0 Å². The number of rotatable bonds is 3. The van der Waals surface area contributed by atoms with Crippen LogP contribution in [-0.2, 0) is 0 Å². The lowest BCUT2D eigenvalue weighted by Crippen LogP contribution is -2.46. The lowest BCUT2D eigenvalue weighted by Gasteiger charge is -2.36. The highest BCUT2D eigenvalue weighted by Crippen LogP contribution is 2.21. The van der Waals surface area contributed by atoms with Gasteiger partial charge in [-0.2, -0.15) is 0 Å². The van der Waals surface area contributed by atoms with Gasteiger partial charge in [0.1, 0.15) is 17.9 Å². The second-order valence-corrected chi connectivity index (χ2v) is 5.02. The minimum absolute atomic E-state index is 0.372. The van der Waals surface area contributed by atoms with Crippen LogP contribution in [-0.4, -0.2) is 37.4 Å². The lowest BCUT2D eigenvalue weighted by atomic mass is 10.1. The average Bonchev–Trinajstić information content (AvgIpc) is 2.55. The number of aldehydes is 1. The molecular formula is C16H16FN3O. The summed E-state index contributed by atoms with van der Waals surface area (Å²) in [5.41, 5.74) is 1.13. The average molecular weight is 285 g/mol. The molecule has 3 rings (SSSR count). The zero-order chi connectivity index (χ0) is 14.7. The summed E-state index contributed by atoms with van der Waals surface area (Å²) in [6, 6.07) is 10.3. The first kappa shape index (κ1) is 13.5. The van der Waals surface area contributed by atoms with Gasteiger partial charge < -0.3 is 9.80 Å². The number of aromatic nitrogens is 1. The quantitative estimate of drug-likeness (QED) is 0.811. The van der Waals surface area contributed by atoms with Gasteiger partial charge in [0, 0.05) is 43.6 Å². The summed E-state index contributed by atoms with van der Waals surface area (Å²) in [4.78, 5) is 19.5. The maximum atomic E-state index is 13.5. The molecule has 0 atom stereocenters. The van der Waals surface area contributed by atoms with E-state index in [4.69, 9.17) is 0 Å². The van der Waals surface area contributed by atoms with Crippen LogP contribution < -0.4 is 9.80 Å². The van der Waals surface area contributed by atoms with Crippen molar-refractivity contribution in [1.82, 2.24) is 4.98 Å². The number of hydrogen-bond donors (Lipinski definition) is 0. The van der Waals surface area contributed by atoms with Gasteiger partial charge in [-0.1, -0.05) is 6.07 Å². The Hall–Kier alpha value is -2.43. The zero-order valence-electron chi connectivity index (χ0n) is 11.6. The number of piperazine rings is 1. The molecule has 4 nitrogen and oxygen atoms in total. The molecule has 0 bridgehead atoms. The Morgan fingerprint density at radius 3 is 2.48 bits per heavy atom. The molecule has 1 aromatic carbocycles. The Labute approximate surface area is 122 Å². The second-order valence-electron chi connectivity index (χ2n) is 5.02. The summed E-state index contributed by atoms with van der Waals surface area (Å²) >= 11 is 0. The maximum Gasteiger partial charge on any atom is 0.150 e. The van der Waals surface area contributed by atoms with E-state index in [1.54, 1.807) is 12.3 Å². The normalized spacial score (nSPS) is 15.1. The van der Waals surface area contributed by atoms with E-state index in [0.717, 1.165) is 37.7 Å². The van der Waals surface area contributed by atoms with E-state index in [1.807, 2.05) is 18.2 Å². The molecule has 1 aliphatic heterocycles. The van der Waals surface area contributed by atoms with E-state index >= 15 is 0 Å². The van der Waals surface area contributed by atoms with Crippen molar-refractivity contribution in [2.24, 2.45) is 0 Å². The molecule has 0 amide bonds. The number of nitrogens with zero attached hydrogens (tertiary/aromatic N) is 3. The Morgan fingerprint density at radius 2 is 1.81 bits per heavy atom. The molecule has 0 saturated carbocycles. The van der Waals surface area contributed by atoms with Crippen LogP contribution in [0.25, 0.3) is 0 Å². The van der Waals surface area contributed by atoms with Crippen LogP contribution in [0.2, 0.25) is 0 Å². The number of benzene rings is 1. The summed E-state index contributed by atoms with van der Waals surface area (Å²) in [5, 5.41) is 0. The van der Waals surface area contributed by atoms with Crippen molar-refractivity contribution in [3.8, 4) is 0 Å². The molecule has 5 heteroatoms. The molecule has 0 spiro atoms. The van der Waals surface area contributed by atoms with Crippen LogP contribution in [0.4, 0.5) is 15.9 Å². The third-order valence-corrected chi connectivity index (χ3v) is 3.66. The van der Waals surface area contributed by atoms with Gasteiger partial charge in [0.05, 0.1) is 0 Å². The van der Waals surface area contributed by atoms with Gasteiger partial charge in [-0.05, 0) is 30.3 Å². The number of carbonyl (C=O) groups excluding carboxylic acids is 1. The Morgan fingerprint density at radius 1 is 1.05 bits per heavy atom. The predicted octanol–water partition coefficient (Wildman–Crippen LogP) is 2.36. The minimum atomic E-state index is -0.373. The molecule has 2 heterocycles. The van der Waals surface area contributed by atoms with Crippen molar-refractivity contribution in [2.45, 2.75) is 0 Å². The molecule has 0 radical (unpaired) electrons. The first-order valence-corrected chi connectivity index (χ1v) is 6.93. The first-order valence-electron chi connectivity index (χ1n) is 6.93. The molecule has 1 saturated heterocycles. The number of anilines is 2. The zero-order valence-corrected chi connectivity index (χ0v) is 11.6. The standard InChI is InChI=1S/C16H16FN3O/c17-14-9-13(12-21)10-15(11-14)19-5-7-20(8-6-19)16-3-1-2-4-18-16/h1-4,9-12H,5-8H2. The van der Waals surface area contributed by atoms with Crippen molar-refractivity contribution in [3.63, 3.8) is 0 Å². The van der Waals surface area contributed by atoms with Crippen LogP contribution in [0.5, 0.6) is 0 Å². The molecule has 0 N–H and O–H groups in total. The Kier molecular flexibility index (Phi) is 3.81. The molecule has 21 heavy (non-hydrogen) atoms. The summed E-state index contributed by atoms with van der Waals surface area (Å²) in [6.07, 6.45) is 2.46. The monoisotopic (exact) mass is 285 g/mol. The van der Waals surface area contributed by atoms with E-state index in [2.05, 4.69) is 14.8 Å². The van der Waals surface area contributed by atoms with Crippen LogP contribution >= 0.6 is 0 Å². The van der Waals surface area contributed by atoms with E-state index in [9.17, 15) is 9.18 Å². The number of hydrogen-bond acceptors (Lipinski definition) is 4. The third-order valence-electron chi connectivity index (χ3n) is 3.66. The SMILES string of the molecule is O=Cc1cc(F)cc(N2CCN(c3ccccn3)CC2)c1. The van der Waals surface area contributed by atoms with Crippen LogP contribution in [0.1, 0.15) is 10.4 Å². The second kappa shape index (κ2) is 5.91. The third kappa shape index (κ3) is 3.02. The van der Waals surface area contributed by atoms with Crippen molar-refractivity contribution in [1.29, 1.82) is 0 Å². The van der Waals surface area contributed by atoms with Gasteiger partial charge in [-0.25, -0.2) is 9.37 Å². The minimum Gasteiger partial charge on any atom is -0.368 e.